The minimum Gasteiger partial charge on any atom is -0.465 e. The summed E-state index contributed by atoms with van der Waals surface area (Å²) in [6, 6.07) is 17.4. The number of hydrogen-bond acceptors (Lipinski definition) is 6. The topological polar surface area (TPSA) is 73.1 Å². The molecule has 1 aromatic heterocycles. The van der Waals surface area contributed by atoms with E-state index < -0.39 is 0 Å². The molecule has 1 aliphatic heterocycles. The lowest BCUT2D eigenvalue weighted by atomic mass is 10.1. The summed E-state index contributed by atoms with van der Waals surface area (Å²) in [6.07, 6.45) is 3.76. The molecule has 4 rings (SSSR count). The lowest BCUT2D eigenvalue weighted by molar-refractivity contribution is -0.143. The highest BCUT2D eigenvalue weighted by atomic mass is 32.2. The molecule has 0 spiro atoms. The maximum Gasteiger partial charge on any atom is 0.325 e. The van der Waals surface area contributed by atoms with E-state index in [1.165, 1.54) is 11.8 Å². The van der Waals surface area contributed by atoms with Crippen LogP contribution in [0, 0.1) is 0 Å². The highest BCUT2D eigenvalue weighted by Gasteiger charge is 2.33. The fourth-order valence-corrected chi connectivity index (χ4v) is 4.73. The molecule has 3 aromatic rings. The molecule has 176 valence electrons. The van der Waals surface area contributed by atoms with Gasteiger partial charge in [-0.25, -0.2) is 4.99 Å². The van der Waals surface area contributed by atoms with Crippen LogP contribution < -0.4 is 0 Å². The summed E-state index contributed by atoms with van der Waals surface area (Å²) in [4.78, 5) is 32.4. The summed E-state index contributed by atoms with van der Waals surface area (Å²) in [7, 11) is 0. The van der Waals surface area contributed by atoms with Gasteiger partial charge in [0.05, 0.1) is 30.4 Å². The van der Waals surface area contributed by atoms with Crippen LogP contribution in [-0.2, 0) is 25.6 Å². The van der Waals surface area contributed by atoms with Crippen LogP contribution in [0.1, 0.15) is 19.4 Å². The van der Waals surface area contributed by atoms with E-state index in [2.05, 4.69) is 0 Å². The van der Waals surface area contributed by atoms with Crippen molar-refractivity contribution in [2.24, 2.45) is 4.99 Å². The molecule has 0 aliphatic carbocycles. The van der Waals surface area contributed by atoms with E-state index in [0.717, 1.165) is 22.2 Å². The van der Waals surface area contributed by atoms with Crippen molar-refractivity contribution in [3.05, 3.63) is 71.3 Å². The number of para-hydroxylation sites is 2. The molecule has 2 aromatic carbocycles. The number of ether oxygens (including phenoxy) is 2. The van der Waals surface area contributed by atoms with Gasteiger partial charge in [-0.3, -0.25) is 14.5 Å². The fourth-order valence-electron chi connectivity index (χ4n) is 3.71. The van der Waals surface area contributed by atoms with E-state index >= 15 is 0 Å². The third-order valence-corrected chi connectivity index (χ3v) is 6.25. The van der Waals surface area contributed by atoms with Gasteiger partial charge >= 0.3 is 5.97 Å². The first-order valence-corrected chi connectivity index (χ1v) is 12.1. The number of hydrogen-bond donors (Lipinski definition) is 0. The maximum absolute atomic E-state index is 13.3. The van der Waals surface area contributed by atoms with Gasteiger partial charge in [-0.1, -0.05) is 36.4 Å². The zero-order chi connectivity index (χ0) is 23.9. The van der Waals surface area contributed by atoms with Gasteiger partial charge in [-0.05, 0) is 49.9 Å². The van der Waals surface area contributed by atoms with Crippen LogP contribution in [0.25, 0.3) is 17.0 Å². The van der Waals surface area contributed by atoms with Gasteiger partial charge in [0, 0.05) is 29.3 Å². The molecule has 2 heterocycles. The van der Waals surface area contributed by atoms with E-state index in [1.807, 2.05) is 78.4 Å². The quantitative estimate of drug-likeness (QED) is 0.250. The molecule has 0 saturated carbocycles. The number of amidine groups is 1. The Hall–Kier alpha value is -3.36. The smallest absolute Gasteiger partial charge is 0.325 e. The van der Waals surface area contributed by atoms with Gasteiger partial charge in [-0.2, -0.15) is 0 Å². The summed E-state index contributed by atoms with van der Waals surface area (Å²) >= 11 is 1.35. The predicted molar refractivity (Wildman–Crippen MR) is 136 cm³/mol. The van der Waals surface area contributed by atoms with Gasteiger partial charge in [0.15, 0.2) is 5.17 Å². The van der Waals surface area contributed by atoms with Crippen LogP contribution in [0.15, 0.2) is 70.7 Å². The number of esters is 1. The Balaban J connectivity index is 1.68. The van der Waals surface area contributed by atoms with Crippen LogP contribution in [0.4, 0.5) is 5.69 Å². The lowest BCUT2D eigenvalue weighted by Gasteiger charge is -2.15. The van der Waals surface area contributed by atoms with Crippen molar-refractivity contribution in [1.82, 2.24) is 9.47 Å². The molecular formula is C26H27N3O4S. The van der Waals surface area contributed by atoms with Crippen molar-refractivity contribution in [2.45, 2.75) is 20.4 Å². The van der Waals surface area contributed by atoms with Crippen molar-refractivity contribution < 1.29 is 19.1 Å². The minimum atomic E-state index is -0.298. The average Bonchev–Trinajstić information content (AvgIpc) is 3.32. The van der Waals surface area contributed by atoms with Gasteiger partial charge in [0.1, 0.15) is 6.54 Å². The third-order valence-electron chi connectivity index (χ3n) is 5.24. The molecule has 0 atom stereocenters. The van der Waals surface area contributed by atoms with Crippen LogP contribution in [0.2, 0.25) is 0 Å². The molecule has 0 radical (unpaired) electrons. The normalized spacial score (nSPS) is 16.2. The van der Waals surface area contributed by atoms with E-state index in [9.17, 15) is 9.59 Å². The summed E-state index contributed by atoms with van der Waals surface area (Å²) in [5, 5.41) is 1.58. The number of benzene rings is 2. The SMILES string of the molecule is CCOCCN1C(=O)/C(=C\c2cn(CC(=O)OCC)c3ccccc23)SC1=Nc1ccccc1. The first-order valence-electron chi connectivity index (χ1n) is 11.3. The zero-order valence-corrected chi connectivity index (χ0v) is 20.1. The van der Waals surface area contributed by atoms with E-state index in [1.54, 1.807) is 11.8 Å². The molecule has 8 heteroatoms. The summed E-state index contributed by atoms with van der Waals surface area (Å²) in [5.74, 6) is -0.408. The Labute approximate surface area is 203 Å². The lowest BCUT2D eigenvalue weighted by Crippen LogP contribution is -2.32. The highest BCUT2D eigenvalue weighted by Crippen LogP contribution is 2.35. The van der Waals surface area contributed by atoms with Gasteiger partial charge < -0.3 is 14.0 Å². The third kappa shape index (κ3) is 5.40. The van der Waals surface area contributed by atoms with Crippen molar-refractivity contribution in [1.29, 1.82) is 0 Å². The average molecular weight is 478 g/mol. The fraction of sp³-hybridized carbons (Fsp3) is 0.269. The highest BCUT2D eigenvalue weighted by molar-refractivity contribution is 8.18. The number of carbonyl (C=O) groups excluding carboxylic acids is 2. The number of aromatic nitrogens is 1. The van der Waals surface area contributed by atoms with Gasteiger partial charge in [-0.15, -0.1) is 0 Å². The Kier molecular flexibility index (Phi) is 7.82. The molecular weight excluding hydrogens is 450 g/mol. The monoisotopic (exact) mass is 477 g/mol. The van der Waals surface area contributed by atoms with Gasteiger partial charge in [0.25, 0.3) is 5.91 Å². The second-order valence-electron chi connectivity index (χ2n) is 7.53. The number of rotatable bonds is 9. The second-order valence-corrected chi connectivity index (χ2v) is 8.54. The Bertz CT molecular complexity index is 1230. The van der Waals surface area contributed by atoms with E-state index in [0.29, 0.717) is 36.4 Å². The molecule has 1 fully saturated rings. The van der Waals surface area contributed by atoms with Crippen molar-refractivity contribution in [3.8, 4) is 0 Å². The predicted octanol–water partition coefficient (Wildman–Crippen LogP) is 4.84. The maximum atomic E-state index is 13.3. The van der Waals surface area contributed by atoms with Crippen LogP contribution >= 0.6 is 11.8 Å². The summed E-state index contributed by atoms with van der Waals surface area (Å²) in [6.45, 7) is 5.60. The molecule has 1 amide bonds. The van der Waals surface area contributed by atoms with E-state index in [-0.39, 0.29) is 18.4 Å². The van der Waals surface area contributed by atoms with Gasteiger partial charge in [0.2, 0.25) is 0 Å². The molecule has 7 nitrogen and oxygen atoms in total. The molecule has 0 N–H and O–H groups in total. The minimum absolute atomic E-state index is 0.110. The summed E-state index contributed by atoms with van der Waals surface area (Å²) < 4.78 is 12.5. The molecule has 34 heavy (non-hydrogen) atoms. The Morgan fingerprint density at radius 1 is 1.06 bits per heavy atom. The van der Waals surface area contributed by atoms with Crippen LogP contribution in [-0.4, -0.2) is 52.9 Å². The van der Waals surface area contributed by atoms with Crippen LogP contribution in [0.5, 0.6) is 0 Å². The number of carbonyl (C=O) groups is 2. The van der Waals surface area contributed by atoms with Crippen molar-refractivity contribution in [2.75, 3.05) is 26.4 Å². The second kappa shape index (κ2) is 11.2. The number of nitrogens with zero attached hydrogens (tertiary/aromatic N) is 3. The Morgan fingerprint density at radius 3 is 2.59 bits per heavy atom. The first kappa shape index (κ1) is 23.8. The van der Waals surface area contributed by atoms with E-state index in [4.69, 9.17) is 14.5 Å². The van der Waals surface area contributed by atoms with Crippen molar-refractivity contribution in [3.63, 3.8) is 0 Å². The standard InChI is InChI=1S/C26H27N3O4S/c1-3-32-15-14-29-25(31)23(34-26(29)27-20-10-6-5-7-11-20)16-19-17-28(18-24(30)33-4-2)22-13-9-8-12-21(19)22/h5-13,16-17H,3-4,14-15,18H2,1-2H3/b23-16+,27-26?. The Morgan fingerprint density at radius 2 is 1.82 bits per heavy atom. The molecule has 1 aliphatic rings. The zero-order valence-electron chi connectivity index (χ0n) is 19.3. The largest absolute Gasteiger partial charge is 0.465 e. The first-order chi connectivity index (χ1) is 16.6. The van der Waals surface area contributed by atoms with Crippen LogP contribution in [0.3, 0.4) is 0 Å². The van der Waals surface area contributed by atoms with Crippen molar-refractivity contribution >= 4 is 51.5 Å². The number of aliphatic imine (C=N–C) groups is 1. The number of fused-ring (bicyclic) bond motifs is 1. The molecule has 0 unspecified atom stereocenters. The number of thioether (sulfide) groups is 1. The molecule has 0 bridgehead atoms. The number of amides is 1. The summed E-state index contributed by atoms with van der Waals surface area (Å²) in [5.41, 5.74) is 2.55. The molecule has 1 saturated heterocycles.